The fraction of sp³-hybridized carbons (Fsp3) is 0.500. The first-order valence-electron chi connectivity index (χ1n) is 5.89. The summed E-state index contributed by atoms with van der Waals surface area (Å²) in [6.07, 6.45) is 1.14. The van der Waals surface area contributed by atoms with Crippen LogP contribution in [0.25, 0.3) is 0 Å². The van der Waals surface area contributed by atoms with Crippen LogP contribution in [0.3, 0.4) is 0 Å². The van der Waals surface area contributed by atoms with Crippen molar-refractivity contribution >= 4 is 17.3 Å². The van der Waals surface area contributed by atoms with Crippen molar-refractivity contribution in [3.63, 3.8) is 0 Å². The molecule has 90 valence electrons. The Hall–Kier alpha value is -1.36. The maximum atomic E-state index is 11.8. The van der Waals surface area contributed by atoms with Gasteiger partial charge in [0.05, 0.1) is 0 Å². The number of rotatable bonds is 0. The van der Waals surface area contributed by atoms with Crippen molar-refractivity contribution in [1.82, 2.24) is 9.47 Å². The molecule has 17 heavy (non-hydrogen) atoms. The maximum Gasteiger partial charge on any atom is 0.250 e. The Labute approximate surface area is 105 Å². The lowest BCUT2D eigenvalue weighted by Gasteiger charge is -2.43. The number of likely N-dealkylation sites (tertiary alicyclic amines) is 1. The Balaban J connectivity index is 2.01. The van der Waals surface area contributed by atoms with E-state index in [1.165, 1.54) is 0 Å². The van der Waals surface area contributed by atoms with Gasteiger partial charge >= 0.3 is 0 Å². The predicted octanol–water partition coefficient (Wildman–Crippen LogP) is 0.511. The molecule has 2 N–H and O–H groups in total. The van der Waals surface area contributed by atoms with Crippen LogP contribution in [0.15, 0.2) is 23.0 Å². The third-order valence-electron chi connectivity index (χ3n) is 3.79. The molecule has 0 aromatic carbocycles. The Morgan fingerprint density at radius 3 is 2.94 bits per heavy atom. The molecule has 0 saturated carbocycles. The van der Waals surface area contributed by atoms with Gasteiger partial charge in [0.1, 0.15) is 0 Å². The zero-order valence-corrected chi connectivity index (χ0v) is 10.3. The highest BCUT2D eigenvalue weighted by Gasteiger charge is 2.34. The minimum atomic E-state index is 0.112. The number of nitrogens with zero attached hydrogens (tertiary/aromatic N) is 2. The Bertz CT molecular complexity index is 525. The summed E-state index contributed by atoms with van der Waals surface area (Å²) in [7, 11) is 0. The van der Waals surface area contributed by atoms with Crippen molar-refractivity contribution in [3.8, 4) is 0 Å². The number of aromatic nitrogens is 1. The molecule has 0 aliphatic carbocycles. The number of nitrogens with two attached hydrogens (primary N) is 1. The van der Waals surface area contributed by atoms with Crippen molar-refractivity contribution in [2.75, 3.05) is 13.1 Å². The summed E-state index contributed by atoms with van der Waals surface area (Å²) in [4.78, 5) is 13.9. The molecule has 1 aromatic heterocycles. The van der Waals surface area contributed by atoms with Crippen molar-refractivity contribution in [1.29, 1.82) is 0 Å². The van der Waals surface area contributed by atoms with E-state index in [2.05, 4.69) is 4.90 Å². The lowest BCUT2D eigenvalue weighted by atomic mass is 9.83. The first-order chi connectivity index (χ1) is 8.15. The summed E-state index contributed by atoms with van der Waals surface area (Å²) in [5.74, 6) is 0.876. The van der Waals surface area contributed by atoms with Gasteiger partial charge in [0.2, 0.25) is 0 Å². The molecule has 3 rings (SSSR count). The van der Waals surface area contributed by atoms with Gasteiger partial charge in [-0.05, 0) is 30.6 Å². The zero-order valence-electron chi connectivity index (χ0n) is 9.50. The highest BCUT2D eigenvalue weighted by molar-refractivity contribution is 7.80. The predicted molar refractivity (Wildman–Crippen MR) is 69.9 cm³/mol. The van der Waals surface area contributed by atoms with Crippen LogP contribution >= 0.6 is 12.2 Å². The Kier molecular flexibility index (Phi) is 2.43. The van der Waals surface area contributed by atoms with E-state index in [9.17, 15) is 4.79 Å². The smallest absolute Gasteiger partial charge is 0.250 e. The van der Waals surface area contributed by atoms with Crippen LogP contribution in [0.5, 0.6) is 0 Å². The molecule has 0 amide bonds. The molecule has 5 heteroatoms. The second kappa shape index (κ2) is 3.84. The molecule has 1 saturated heterocycles. The number of thiocarbonyl (C=S) groups is 1. The molecular formula is C12H15N3OS. The van der Waals surface area contributed by atoms with Gasteiger partial charge < -0.3 is 15.2 Å². The average Bonchev–Trinajstić information content (AvgIpc) is 2.30. The molecule has 0 spiro atoms. The summed E-state index contributed by atoms with van der Waals surface area (Å²) >= 11 is 5.05. The van der Waals surface area contributed by atoms with Crippen LogP contribution < -0.4 is 11.3 Å². The van der Waals surface area contributed by atoms with E-state index in [1.807, 2.05) is 16.7 Å². The van der Waals surface area contributed by atoms with Crippen molar-refractivity contribution in [3.05, 3.63) is 34.2 Å². The Morgan fingerprint density at radius 2 is 2.18 bits per heavy atom. The van der Waals surface area contributed by atoms with Gasteiger partial charge in [-0.2, -0.15) is 0 Å². The van der Waals surface area contributed by atoms with Crippen LogP contribution in [0, 0.1) is 5.92 Å². The van der Waals surface area contributed by atoms with E-state index < -0.39 is 0 Å². The largest absolute Gasteiger partial charge is 0.376 e. The van der Waals surface area contributed by atoms with Gasteiger partial charge in [-0.3, -0.25) is 4.79 Å². The Morgan fingerprint density at radius 1 is 1.35 bits per heavy atom. The quantitative estimate of drug-likeness (QED) is 0.681. The van der Waals surface area contributed by atoms with Crippen molar-refractivity contribution in [2.24, 2.45) is 11.7 Å². The number of hydrogen-bond donors (Lipinski definition) is 1. The van der Waals surface area contributed by atoms with E-state index in [4.69, 9.17) is 18.0 Å². The number of piperidine rings is 1. The van der Waals surface area contributed by atoms with E-state index in [0.717, 1.165) is 31.7 Å². The van der Waals surface area contributed by atoms with Crippen LogP contribution in [0.4, 0.5) is 0 Å². The molecule has 2 atom stereocenters. The van der Waals surface area contributed by atoms with Crippen LogP contribution in [-0.4, -0.2) is 27.7 Å². The standard InChI is InChI=1S/C12H15N3OS/c13-12(17)14-5-8-4-9(7-14)10-2-1-3-11(16)15(10)6-8/h1-3,8-9H,4-7H2,(H2,13,17)/t8-,9+/m1/s1. The lowest BCUT2D eigenvalue weighted by molar-refractivity contribution is 0.179. The van der Waals surface area contributed by atoms with E-state index in [1.54, 1.807) is 6.07 Å². The topological polar surface area (TPSA) is 51.3 Å². The van der Waals surface area contributed by atoms with Crippen molar-refractivity contribution in [2.45, 2.75) is 18.9 Å². The van der Waals surface area contributed by atoms with Crippen LogP contribution in [0.1, 0.15) is 18.0 Å². The summed E-state index contributed by atoms with van der Waals surface area (Å²) in [5.41, 5.74) is 6.96. The third-order valence-corrected chi connectivity index (χ3v) is 4.05. The molecule has 2 bridgehead atoms. The van der Waals surface area contributed by atoms with Crippen LogP contribution in [0.2, 0.25) is 0 Å². The van der Waals surface area contributed by atoms with Gasteiger partial charge in [-0.25, -0.2) is 0 Å². The summed E-state index contributed by atoms with van der Waals surface area (Å²) < 4.78 is 1.91. The lowest BCUT2D eigenvalue weighted by Crippen LogP contribution is -2.50. The molecule has 1 fully saturated rings. The molecule has 4 nitrogen and oxygen atoms in total. The fourth-order valence-electron chi connectivity index (χ4n) is 3.08. The first kappa shape index (κ1) is 10.8. The second-order valence-corrected chi connectivity index (χ2v) is 5.36. The average molecular weight is 249 g/mol. The third kappa shape index (κ3) is 1.74. The minimum Gasteiger partial charge on any atom is -0.376 e. The molecule has 0 radical (unpaired) electrons. The van der Waals surface area contributed by atoms with E-state index in [0.29, 0.717) is 16.9 Å². The van der Waals surface area contributed by atoms with Gasteiger partial charge in [-0.1, -0.05) is 6.07 Å². The molecule has 1 aromatic rings. The molecule has 3 heterocycles. The van der Waals surface area contributed by atoms with Gasteiger partial charge in [-0.15, -0.1) is 0 Å². The van der Waals surface area contributed by atoms with Gasteiger partial charge in [0.15, 0.2) is 5.11 Å². The summed E-state index contributed by atoms with van der Waals surface area (Å²) in [6, 6.07) is 5.52. The molecule has 2 aliphatic heterocycles. The summed E-state index contributed by atoms with van der Waals surface area (Å²) in [6.45, 7) is 2.52. The number of pyridine rings is 1. The SMILES string of the molecule is NC(=S)N1C[C@H]2C[C@@H](C1)c1cccc(=O)n1C2. The normalized spacial score (nSPS) is 26.5. The van der Waals surface area contributed by atoms with E-state index >= 15 is 0 Å². The monoisotopic (exact) mass is 249 g/mol. The summed E-state index contributed by atoms with van der Waals surface area (Å²) in [5, 5.41) is 0.478. The van der Waals surface area contributed by atoms with Gasteiger partial charge in [0.25, 0.3) is 5.56 Å². The minimum absolute atomic E-state index is 0.112. The van der Waals surface area contributed by atoms with Crippen LogP contribution in [-0.2, 0) is 6.54 Å². The highest BCUT2D eigenvalue weighted by Crippen LogP contribution is 2.34. The second-order valence-electron chi connectivity index (χ2n) is 4.94. The maximum absolute atomic E-state index is 11.8. The fourth-order valence-corrected chi connectivity index (χ4v) is 3.23. The molecular weight excluding hydrogens is 234 g/mol. The zero-order chi connectivity index (χ0) is 12.0. The van der Waals surface area contributed by atoms with E-state index in [-0.39, 0.29) is 5.56 Å². The molecule has 2 aliphatic rings. The first-order valence-corrected chi connectivity index (χ1v) is 6.30. The number of hydrogen-bond acceptors (Lipinski definition) is 2. The van der Waals surface area contributed by atoms with Crippen molar-refractivity contribution < 1.29 is 0 Å². The highest BCUT2D eigenvalue weighted by atomic mass is 32.1. The molecule has 0 unspecified atom stereocenters. The number of fused-ring (bicyclic) bond motifs is 4. The van der Waals surface area contributed by atoms with Gasteiger partial charge in [0, 0.05) is 37.3 Å².